The van der Waals surface area contributed by atoms with Gasteiger partial charge in [-0.1, -0.05) is 6.92 Å². The van der Waals surface area contributed by atoms with E-state index in [2.05, 4.69) is 17.1 Å². The largest absolute Gasteiger partial charge is 0.351 e. The van der Waals surface area contributed by atoms with Gasteiger partial charge >= 0.3 is 0 Å². The lowest BCUT2D eigenvalue weighted by molar-refractivity contribution is 0.0951. The first-order chi connectivity index (χ1) is 11.8. The molecule has 1 saturated heterocycles. The second kappa shape index (κ2) is 8.75. The lowest BCUT2D eigenvalue weighted by Gasteiger charge is -2.33. The molecule has 1 N–H and O–H groups in total. The van der Waals surface area contributed by atoms with Crippen molar-refractivity contribution in [3.05, 3.63) is 29.8 Å². The summed E-state index contributed by atoms with van der Waals surface area (Å²) < 4.78 is 26.9. The first-order valence-electron chi connectivity index (χ1n) is 8.60. The molecule has 0 saturated carbocycles. The van der Waals surface area contributed by atoms with Gasteiger partial charge in [0.05, 0.1) is 4.90 Å². The molecule has 0 unspecified atom stereocenters. The Morgan fingerprint density at radius 2 is 1.72 bits per heavy atom. The summed E-state index contributed by atoms with van der Waals surface area (Å²) >= 11 is 0. The molecule has 1 aromatic rings. The number of hydrogen-bond acceptors (Lipinski definition) is 5. The van der Waals surface area contributed by atoms with Crippen LogP contribution in [0.25, 0.3) is 0 Å². The predicted octanol–water partition coefficient (Wildman–Crippen LogP) is 0.304. The summed E-state index contributed by atoms with van der Waals surface area (Å²) in [5, 5.41) is 2.82. The lowest BCUT2D eigenvalue weighted by atomic mass is 10.2. The Bertz CT molecular complexity index is 666. The molecular formula is C17H28N4O3S. The first kappa shape index (κ1) is 19.8. The molecule has 1 amide bonds. The van der Waals surface area contributed by atoms with Crippen LogP contribution in [0.3, 0.4) is 0 Å². The number of carbonyl (C=O) groups is 1. The Morgan fingerprint density at radius 3 is 2.24 bits per heavy atom. The Balaban J connectivity index is 2.00. The normalized spacial score (nSPS) is 17.0. The molecule has 0 aliphatic carbocycles. The van der Waals surface area contributed by atoms with E-state index in [1.165, 1.54) is 16.4 Å². The van der Waals surface area contributed by atoms with Crippen LogP contribution in [-0.4, -0.2) is 88.3 Å². The van der Waals surface area contributed by atoms with Crippen LogP contribution in [0.15, 0.2) is 29.2 Å². The van der Waals surface area contributed by atoms with Crippen molar-refractivity contribution < 1.29 is 13.2 Å². The topological polar surface area (TPSA) is 73.0 Å². The molecule has 1 heterocycles. The van der Waals surface area contributed by atoms with Gasteiger partial charge < -0.3 is 15.1 Å². The number of benzene rings is 1. The SMILES string of the molecule is CCN1CCN(S(=O)(=O)c2ccc(C(=O)NCCN(C)C)cc2)CC1. The summed E-state index contributed by atoms with van der Waals surface area (Å²) in [5.41, 5.74) is 0.466. The van der Waals surface area contributed by atoms with E-state index in [1.807, 2.05) is 19.0 Å². The number of carbonyl (C=O) groups excluding carboxylic acids is 1. The van der Waals surface area contributed by atoms with E-state index < -0.39 is 10.0 Å². The average Bonchev–Trinajstić information content (AvgIpc) is 2.61. The molecule has 2 rings (SSSR count). The average molecular weight is 369 g/mol. The zero-order chi connectivity index (χ0) is 18.4. The third-order valence-electron chi connectivity index (χ3n) is 4.38. The number of amides is 1. The van der Waals surface area contributed by atoms with Crippen LogP contribution in [0.1, 0.15) is 17.3 Å². The Hall–Kier alpha value is -1.48. The summed E-state index contributed by atoms with van der Waals surface area (Å²) in [6.07, 6.45) is 0. The van der Waals surface area contributed by atoms with Crippen molar-refractivity contribution in [2.75, 3.05) is 59.9 Å². The molecule has 140 valence electrons. The monoisotopic (exact) mass is 368 g/mol. The number of piperazine rings is 1. The number of sulfonamides is 1. The first-order valence-corrected chi connectivity index (χ1v) is 10.0. The molecule has 0 bridgehead atoms. The minimum Gasteiger partial charge on any atom is -0.351 e. The summed E-state index contributed by atoms with van der Waals surface area (Å²) in [5.74, 6) is -0.192. The summed E-state index contributed by atoms with van der Waals surface area (Å²) in [7, 11) is 0.377. The van der Waals surface area contributed by atoms with Crippen molar-refractivity contribution >= 4 is 15.9 Å². The van der Waals surface area contributed by atoms with Crippen LogP contribution in [0.2, 0.25) is 0 Å². The van der Waals surface area contributed by atoms with Crippen LogP contribution in [0, 0.1) is 0 Å². The van der Waals surface area contributed by atoms with Crippen molar-refractivity contribution in [3.63, 3.8) is 0 Å². The Kier molecular flexibility index (Phi) is 6.95. The molecular weight excluding hydrogens is 340 g/mol. The third kappa shape index (κ3) is 5.24. The maximum absolute atomic E-state index is 12.7. The molecule has 8 heteroatoms. The Morgan fingerprint density at radius 1 is 1.12 bits per heavy atom. The van der Waals surface area contributed by atoms with Crippen molar-refractivity contribution in [2.24, 2.45) is 0 Å². The van der Waals surface area contributed by atoms with Gasteiger partial charge in [-0.15, -0.1) is 0 Å². The smallest absolute Gasteiger partial charge is 0.251 e. The highest BCUT2D eigenvalue weighted by atomic mass is 32.2. The molecule has 0 aromatic heterocycles. The van der Waals surface area contributed by atoms with Gasteiger partial charge in [0.25, 0.3) is 5.91 Å². The number of hydrogen-bond donors (Lipinski definition) is 1. The molecule has 1 fully saturated rings. The lowest BCUT2D eigenvalue weighted by Crippen LogP contribution is -2.48. The fourth-order valence-electron chi connectivity index (χ4n) is 2.71. The minimum atomic E-state index is -3.50. The third-order valence-corrected chi connectivity index (χ3v) is 6.29. The van der Waals surface area contributed by atoms with Gasteiger partial charge in [-0.25, -0.2) is 8.42 Å². The number of nitrogens with zero attached hydrogens (tertiary/aromatic N) is 3. The highest BCUT2D eigenvalue weighted by molar-refractivity contribution is 7.89. The number of rotatable bonds is 7. The van der Waals surface area contributed by atoms with E-state index in [9.17, 15) is 13.2 Å². The van der Waals surface area contributed by atoms with Crippen LogP contribution < -0.4 is 5.32 Å². The number of likely N-dealkylation sites (N-methyl/N-ethyl adjacent to an activating group) is 2. The molecule has 0 atom stereocenters. The maximum Gasteiger partial charge on any atom is 0.251 e. The van der Waals surface area contributed by atoms with Gasteiger partial charge in [0.1, 0.15) is 0 Å². The van der Waals surface area contributed by atoms with E-state index in [4.69, 9.17) is 0 Å². The van der Waals surface area contributed by atoms with Crippen LogP contribution in [0.4, 0.5) is 0 Å². The van der Waals surface area contributed by atoms with Gasteiger partial charge in [0.2, 0.25) is 10.0 Å². The molecule has 25 heavy (non-hydrogen) atoms. The second-order valence-electron chi connectivity index (χ2n) is 6.42. The van der Waals surface area contributed by atoms with E-state index in [-0.39, 0.29) is 10.8 Å². The zero-order valence-electron chi connectivity index (χ0n) is 15.2. The standard InChI is InChI=1S/C17H28N4O3S/c1-4-20-11-13-21(14-12-20)25(23,24)16-7-5-15(6-8-16)17(22)18-9-10-19(2)3/h5-8H,4,9-14H2,1-3H3,(H,18,22). The van der Waals surface area contributed by atoms with Crippen molar-refractivity contribution in [1.82, 2.24) is 19.4 Å². The van der Waals surface area contributed by atoms with Gasteiger partial charge in [0.15, 0.2) is 0 Å². The van der Waals surface area contributed by atoms with Gasteiger partial charge in [-0.05, 0) is 44.9 Å². The maximum atomic E-state index is 12.7. The fraction of sp³-hybridized carbons (Fsp3) is 0.588. The highest BCUT2D eigenvalue weighted by Crippen LogP contribution is 2.18. The molecule has 1 aromatic carbocycles. The van der Waals surface area contributed by atoms with Gasteiger partial charge in [-0.3, -0.25) is 4.79 Å². The van der Waals surface area contributed by atoms with Gasteiger partial charge in [0, 0.05) is 44.8 Å². The molecule has 0 radical (unpaired) electrons. The van der Waals surface area contributed by atoms with E-state index in [1.54, 1.807) is 12.1 Å². The van der Waals surface area contributed by atoms with Gasteiger partial charge in [-0.2, -0.15) is 4.31 Å². The van der Waals surface area contributed by atoms with E-state index in [0.29, 0.717) is 25.2 Å². The predicted molar refractivity (Wildman–Crippen MR) is 98.2 cm³/mol. The van der Waals surface area contributed by atoms with Crippen molar-refractivity contribution in [2.45, 2.75) is 11.8 Å². The molecule has 0 spiro atoms. The van der Waals surface area contributed by atoms with Crippen LogP contribution in [-0.2, 0) is 10.0 Å². The van der Waals surface area contributed by atoms with Crippen molar-refractivity contribution in [3.8, 4) is 0 Å². The summed E-state index contributed by atoms with van der Waals surface area (Å²) in [6, 6.07) is 6.17. The fourth-order valence-corrected chi connectivity index (χ4v) is 4.13. The summed E-state index contributed by atoms with van der Waals surface area (Å²) in [4.78, 5) is 16.5. The number of nitrogens with one attached hydrogen (secondary N) is 1. The van der Waals surface area contributed by atoms with E-state index in [0.717, 1.165) is 26.2 Å². The Labute approximate surface area is 150 Å². The second-order valence-corrected chi connectivity index (χ2v) is 8.36. The zero-order valence-corrected chi connectivity index (χ0v) is 16.1. The minimum absolute atomic E-state index is 0.192. The van der Waals surface area contributed by atoms with Crippen molar-refractivity contribution in [1.29, 1.82) is 0 Å². The van der Waals surface area contributed by atoms with Crippen LogP contribution in [0.5, 0.6) is 0 Å². The highest BCUT2D eigenvalue weighted by Gasteiger charge is 2.28. The van der Waals surface area contributed by atoms with E-state index >= 15 is 0 Å². The summed E-state index contributed by atoms with van der Waals surface area (Å²) in [6.45, 7) is 6.82. The molecule has 7 nitrogen and oxygen atoms in total. The molecule has 1 aliphatic rings. The molecule has 1 aliphatic heterocycles. The quantitative estimate of drug-likeness (QED) is 0.750. The van der Waals surface area contributed by atoms with Crippen LogP contribution >= 0.6 is 0 Å².